The molecule has 6 heterocycles. The Bertz CT molecular complexity index is 2170. The van der Waals surface area contributed by atoms with Crippen molar-refractivity contribution in [2.24, 2.45) is 13.0 Å². The molecule has 1 atom stereocenters. The molecule has 0 aliphatic carbocycles. The number of pyridine rings is 2. The fraction of sp³-hybridized carbons (Fsp3) is 0.400. The zero-order valence-electron chi connectivity index (χ0n) is 25.0. The van der Waals surface area contributed by atoms with Crippen molar-refractivity contribution < 1.29 is 26.0 Å². The number of anilines is 1. The molecule has 45 heavy (non-hydrogen) atoms. The molecule has 5 aromatic rings. The van der Waals surface area contributed by atoms with Crippen molar-refractivity contribution in [3.05, 3.63) is 59.9 Å². The summed E-state index contributed by atoms with van der Waals surface area (Å²) in [4.78, 5) is 9.36. The molecule has 0 saturated carbocycles. The number of benzene rings is 1. The van der Waals surface area contributed by atoms with Gasteiger partial charge in [-0.05, 0) is 62.4 Å². The lowest BCUT2D eigenvalue weighted by molar-refractivity contribution is 0.0542. The normalized spacial score (nSPS) is 18.3. The number of aryl methyl sites for hydroxylation is 2. The Morgan fingerprint density at radius 3 is 2.56 bits per heavy atom. The SMILES string of the molecule is Cc1nnn(C)c1-c1cnc2c3c(N4CCCS4(=O)=O)ccc(S(C)(=O)=O)c3n(C(c3ncccc3F)C3CCOCC3)c2c1. The maximum Gasteiger partial charge on any atom is 0.235 e. The van der Waals surface area contributed by atoms with E-state index in [0.717, 1.165) is 6.26 Å². The standard InChI is InChI=1S/C30H32FN7O5S2/c1-18-28(36(2)35-34-18)20-16-23-27(33-17-20)25-22(37-12-5-15-45(37,41)42)7-8-24(44(3,39)40)30(25)38(23)29(19-9-13-43-14-10-19)26-21(31)6-4-11-32-26/h4,6-8,11,16-17,19,29H,5,9-10,12-15H2,1-3H3. The molecule has 2 fully saturated rings. The highest BCUT2D eigenvalue weighted by atomic mass is 32.2. The van der Waals surface area contributed by atoms with E-state index in [1.54, 1.807) is 24.0 Å². The van der Waals surface area contributed by atoms with E-state index in [2.05, 4.69) is 15.3 Å². The van der Waals surface area contributed by atoms with Gasteiger partial charge in [-0.15, -0.1) is 5.10 Å². The molecule has 236 valence electrons. The highest BCUT2D eigenvalue weighted by Crippen LogP contribution is 2.46. The Labute approximate surface area is 259 Å². The summed E-state index contributed by atoms with van der Waals surface area (Å²) in [5.74, 6) is -0.730. The average molecular weight is 654 g/mol. The molecule has 0 radical (unpaired) electrons. The number of ether oxygens (including phenoxy) is 1. The van der Waals surface area contributed by atoms with Crippen LogP contribution in [0.5, 0.6) is 0 Å². The first-order chi connectivity index (χ1) is 21.5. The number of halogens is 1. The minimum atomic E-state index is -3.87. The Balaban J connectivity index is 1.68. The van der Waals surface area contributed by atoms with E-state index in [1.165, 1.54) is 28.7 Å². The summed E-state index contributed by atoms with van der Waals surface area (Å²) >= 11 is 0. The number of aromatic nitrogens is 6. The molecule has 15 heteroatoms. The van der Waals surface area contributed by atoms with Gasteiger partial charge in [0.1, 0.15) is 5.82 Å². The summed E-state index contributed by atoms with van der Waals surface area (Å²) in [7, 11) is -5.76. The van der Waals surface area contributed by atoms with Gasteiger partial charge in [0.15, 0.2) is 9.84 Å². The van der Waals surface area contributed by atoms with Crippen LogP contribution in [0.3, 0.4) is 0 Å². The van der Waals surface area contributed by atoms with E-state index in [4.69, 9.17) is 9.72 Å². The number of fused-ring (bicyclic) bond motifs is 3. The number of nitrogens with zero attached hydrogens (tertiary/aromatic N) is 7. The predicted octanol–water partition coefficient (Wildman–Crippen LogP) is 3.79. The maximum atomic E-state index is 15.8. The van der Waals surface area contributed by atoms with Crippen molar-refractivity contribution in [1.29, 1.82) is 0 Å². The Morgan fingerprint density at radius 2 is 1.91 bits per heavy atom. The van der Waals surface area contributed by atoms with E-state index in [-0.39, 0.29) is 34.3 Å². The van der Waals surface area contributed by atoms with E-state index in [0.29, 0.717) is 71.5 Å². The molecule has 7 rings (SSSR count). The van der Waals surface area contributed by atoms with Gasteiger partial charge in [0.25, 0.3) is 0 Å². The lowest BCUT2D eigenvalue weighted by Gasteiger charge is -2.33. The van der Waals surface area contributed by atoms with Crippen LogP contribution in [0.4, 0.5) is 10.1 Å². The fourth-order valence-electron chi connectivity index (χ4n) is 6.88. The lowest BCUT2D eigenvalue weighted by Crippen LogP contribution is -2.29. The zero-order valence-corrected chi connectivity index (χ0v) is 26.6. The molecule has 2 aliphatic heterocycles. The molecule has 2 aliphatic rings. The van der Waals surface area contributed by atoms with E-state index in [1.807, 2.05) is 17.6 Å². The molecule has 1 aromatic carbocycles. The van der Waals surface area contributed by atoms with Crippen LogP contribution in [0.15, 0.2) is 47.6 Å². The number of sulfonamides is 1. The van der Waals surface area contributed by atoms with Gasteiger partial charge in [-0.25, -0.2) is 25.9 Å². The summed E-state index contributed by atoms with van der Waals surface area (Å²) in [5, 5.41) is 8.70. The van der Waals surface area contributed by atoms with Crippen LogP contribution in [0.1, 0.15) is 36.7 Å². The monoisotopic (exact) mass is 653 g/mol. The summed E-state index contributed by atoms with van der Waals surface area (Å²) in [5.41, 5.74) is 3.71. The van der Waals surface area contributed by atoms with Crippen molar-refractivity contribution in [3.63, 3.8) is 0 Å². The van der Waals surface area contributed by atoms with Crippen LogP contribution in [-0.4, -0.2) is 78.1 Å². The van der Waals surface area contributed by atoms with Gasteiger partial charge in [0, 0.05) is 51.0 Å². The third-order valence-corrected chi connectivity index (χ3v) is 11.8. The second-order valence-corrected chi connectivity index (χ2v) is 15.7. The molecule has 12 nitrogen and oxygen atoms in total. The van der Waals surface area contributed by atoms with Crippen molar-refractivity contribution >= 4 is 47.5 Å². The molecular formula is C30H32FN7O5S2. The molecule has 4 aromatic heterocycles. The van der Waals surface area contributed by atoms with Gasteiger partial charge in [-0.1, -0.05) is 5.21 Å². The average Bonchev–Trinajstić information content (AvgIpc) is 3.65. The molecule has 1 unspecified atom stereocenters. The fourth-order valence-corrected chi connectivity index (χ4v) is 9.32. The third kappa shape index (κ3) is 4.88. The van der Waals surface area contributed by atoms with E-state index >= 15 is 4.39 Å². The minimum absolute atomic E-state index is 0.0100. The van der Waals surface area contributed by atoms with Crippen molar-refractivity contribution in [1.82, 2.24) is 29.5 Å². The lowest BCUT2D eigenvalue weighted by atomic mass is 9.88. The molecule has 0 spiro atoms. The van der Waals surface area contributed by atoms with Crippen LogP contribution in [0.25, 0.3) is 33.2 Å². The number of rotatable bonds is 6. The predicted molar refractivity (Wildman–Crippen MR) is 167 cm³/mol. The van der Waals surface area contributed by atoms with Crippen LogP contribution < -0.4 is 4.31 Å². The molecule has 0 amide bonds. The minimum Gasteiger partial charge on any atom is -0.381 e. The van der Waals surface area contributed by atoms with E-state index < -0.39 is 31.7 Å². The van der Waals surface area contributed by atoms with Gasteiger partial charge in [0.05, 0.1) is 61.4 Å². The highest BCUT2D eigenvalue weighted by Gasteiger charge is 2.37. The Hall–Kier alpha value is -3.95. The largest absolute Gasteiger partial charge is 0.381 e. The first kappa shape index (κ1) is 29.7. The van der Waals surface area contributed by atoms with Gasteiger partial charge in [-0.2, -0.15) is 0 Å². The van der Waals surface area contributed by atoms with Crippen molar-refractivity contribution in [3.8, 4) is 11.3 Å². The van der Waals surface area contributed by atoms with Crippen LogP contribution in [-0.2, 0) is 31.6 Å². The maximum absolute atomic E-state index is 15.8. The first-order valence-electron chi connectivity index (χ1n) is 14.7. The zero-order chi connectivity index (χ0) is 31.7. The topological polar surface area (TPSA) is 142 Å². The van der Waals surface area contributed by atoms with Crippen LogP contribution in [0, 0.1) is 18.7 Å². The Morgan fingerprint density at radius 1 is 1.13 bits per heavy atom. The summed E-state index contributed by atoms with van der Waals surface area (Å²) in [6, 6.07) is 6.96. The summed E-state index contributed by atoms with van der Waals surface area (Å²) in [6.45, 7) is 2.98. The van der Waals surface area contributed by atoms with Crippen LogP contribution >= 0.6 is 0 Å². The number of sulfone groups is 1. The van der Waals surface area contributed by atoms with Crippen molar-refractivity contribution in [2.45, 2.75) is 37.1 Å². The summed E-state index contributed by atoms with van der Waals surface area (Å²) in [6.07, 6.45) is 5.88. The first-order valence-corrected chi connectivity index (χ1v) is 18.2. The Kier molecular flexibility index (Phi) is 7.17. The number of hydrogen-bond acceptors (Lipinski definition) is 9. The third-order valence-electron chi connectivity index (χ3n) is 8.82. The number of hydrogen-bond donors (Lipinski definition) is 0. The van der Waals surface area contributed by atoms with Gasteiger partial charge in [-0.3, -0.25) is 14.3 Å². The molecule has 0 bridgehead atoms. The summed E-state index contributed by atoms with van der Waals surface area (Å²) < 4.78 is 79.7. The quantitative estimate of drug-likeness (QED) is 0.268. The molecule has 2 saturated heterocycles. The second-order valence-electron chi connectivity index (χ2n) is 11.7. The van der Waals surface area contributed by atoms with Gasteiger partial charge < -0.3 is 9.30 Å². The smallest absolute Gasteiger partial charge is 0.235 e. The van der Waals surface area contributed by atoms with E-state index in [9.17, 15) is 16.8 Å². The molecular weight excluding hydrogens is 622 g/mol. The highest BCUT2D eigenvalue weighted by molar-refractivity contribution is 7.93. The van der Waals surface area contributed by atoms with Gasteiger partial charge >= 0.3 is 0 Å². The molecule has 0 N–H and O–H groups in total. The second kappa shape index (κ2) is 10.8. The van der Waals surface area contributed by atoms with Crippen molar-refractivity contribution in [2.75, 3.05) is 36.1 Å². The van der Waals surface area contributed by atoms with Crippen LogP contribution in [0.2, 0.25) is 0 Å². The van der Waals surface area contributed by atoms with Gasteiger partial charge in [0.2, 0.25) is 10.0 Å².